The smallest absolute Gasteiger partial charge is 0.870 e. The molecule has 0 aliphatic heterocycles. The van der Waals surface area contributed by atoms with Gasteiger partial charge in [0, 0.05) is 64.3 Å². The minimum Gasteiger partial charge on any atom is -0.870 e. The molecule has 3 aromatic heterocycles. The summed E-state index contributed by atoms with van der Waals surface area (Å²) < 4.78 is 9.36. The maximum Gasteiger partial charge on any atom is 1.00 e. The van der Waals surface area contributed by atoms with Crippen LogP contribution < -0.4 is 48.7 Å². The summed E-state index contributed by atoms with van der Waals surface area (Å²) >= 11 is 5.30. The number of aryl methyl sites for hydroxylation is 6. The van der Waals surface area contributed by atoms with Gasteiger partial charge < -0.3 is 20.6 Å². The number of hydrazine groups is 1. The number of aromatic nitrogens is 9. The number of carboxylic acids is 1. The van der Waals surface area contributed by atoms with Crippen molar-refractivity contribution in [2.24, 2.45) is 16.7 Å². The van der Waals surface area contributed by atoms with E-state index in [1.54, 1.807) is 68.0 Å². The second kappa shape index (κ2) is 35.1. The Hall–Kier alpha value is -5.44. The number of carbonyl (C=O) groups is 5. The molecule has 0 saturated heterocycles. The third-order valence-electron chi connectivity index (χ3n) is 9.38. The van der Waals surface area contributed by atoms with E-state index in [0.717, 1.165) is 56.1 Å². The number of nitrogens with one attached hydrogen (secondary N) is 2. The van der Waals surface area contributed by atoms with Gasteiger partial charge in [-0.2, -0.15) is 0 Å². The molecular formula is C53H69I3LiN12O8-. The summed E-state index contributed by atoms with van der Waals surface area (Å²) in [4.78, 5) is 68.7. The molecule has 0 spiro atoms. The fraction of sp³-hybridized carbons (Fsp3) is 0.340. The molecule has 0 aliphatic rings. The van der Waals surface area contributed by atoms with E-state index in [-0.39, 0.29) is 60.0 Å². The van der Waals surface area contributed by atoms with E-state index >= 15 is 0 Å². The van der Waals surface area contributed by atoms with E-state index in [4.69, 9.17) is 15.7 Å². The van der Waals surface area contributed by atoms with E-state index in [9.17, 15) is 24.0 Å². The van der Waals surface area contributed by atoms with Gasteiger partial charge in [0.15, 0.2) is 23.3 Å². The molecule has 6 aromatic rings. The van der Waals surface area contributed by atoms with Crippen molar-refractivity contribution in [1.82, 2.24) is 55.0 Å². The van der Waals surface area contributed by atoms with Crippen molar-refractivity contribution in [2.75, 3.05) is 6.54 Å². The number of aliphatic carboxylic acids is 1. The largest absolute Gasteiger partial charge is 1.00 e. The minimum atomic E-state index is -1.02. The number of nitrogens with two attached hydrogens (primary N) is 1. The van der Waals surface area contributed by atoms with E-state index in [2.05, 4.69) is 96.4 Å². The zero-order valence-corrected chi connectivity index (χ0v) is 52.7. The number of carboxylic acid groups (broad SMARTS) is 1. The Kier molecular flexibility index (Phi) is 32.7. The van der Waals surface area contributed by atoms with Crippen LogP contribution in [0.2, 0.25) is 0 Å². The van der Waals surface area contributed by atoms with Gasteiger partial charge in [-0.05, 0) is 91.8 Å². The number of hydrogen-bond donors (Lipinski definition) is 4. The summed E-state index contributed by atoms with van der Waals surface area (Å²) in [5, 5.41) is 24.0. The van der Waals surface area contributed by atoms with Crippen LogP contribution in [0.3, 0.4) is 0 Å². The van der Waals surface area contributed by atoms with Crippen molar-refractivity contribution >= 4 is 85.4 Å². The Bertz CT molecular complexity index is 2890. The summed E-state index contributed by atoms with van der Waals surface area (Å²) in [7, 11) is 0. The van der Waals surface area contributed by atoms with E-state index in [0.29, 0.717) is 30.7 Å². The van der Waals surface area contributed by atoms with Crippen molar-refractivity contribution in [2.45, 2.75) is 103 Å². The molecule has 20 nitrogen and oxygen atoms in total. The molecule has 0 unspecified atom stereocenters. The number of ether oxygens (including phenoxy) is 1. The maximum atomic E-state index is 11.9. The first-order valence-corrected chi connectivity index (χ1v) is 35.8. The number of carbonyl (C=O) groups excluding carboxylic acids is 4. The molecule has 6 rings (SSSR count). The van der Waals surface area contributed by atoms with Gasteiger partial charge in [-0.15, -0.1) is 15.3 Å². The molecule has 77 heavy (non-hydrogen) atoms. The number of esters is 1. The van der Waals surface area contributed by atoms with Gasteiger partial charge in [0.1, 0.15) is 19.0 Å². The first-order valence-electron chi connectivity index (χ1n) is 23.2. The quantitative estimate of drug-likeness (QED) is 0.0260. The van der Waals surface area contributed by atoms with Crippen molar-refractivity contribution in [3.05, 3.63) is 125 Å². The maximum absolute atomic E-state index is 11.9. The number of nitrogens with zero attached hydrogens (tertiary/aromatic N) is 9. The van der Waals surface area contributed by atoms with Crippen LogP contribution in [-0.4, -0.2) is 97.1 Å². The van der Waals surface area contributed by atoms with Crippen LogP contribution in [0.25, 0.3) is 52.8 Å². The third-order valence-corrected chi connectivity index (χ3v) is 9.38. The molecule has 3 heterocycles. The Labute approximate surface area is 493 Å². The fourth-order valence-corrected chi connectivity index (χ4v) is 6.16. The zero-order chi connectivity index (χ0) is 56.6. The van der Waals surface area contributed by atoms with Crippen molar-refractivity contribution in [1.29, 1.82) is 0 Å². The molecular weight excluding hydrogens is 1320 g/mol. The average Bonchev–Trinajstić information content (AvgIpc) is 4.10. The molecule has 0 saturated carbocycles. The Morgan fingerprint density at radius 2 is 0.922 bits per heavy atom. The summed E-state index contributed by atoms with van der Waals surface area (Å²) in [6.07, 6.45) is 12.6. The topological polar surface area (TPSA) is 287 Å². The van der Waals surface area contributed by atoms with E-state index < -0.39 is 17.4 Å². The second-order valence-electron chi connectivity index (χ2n) is 19.2. The molecule has 0 atom stereocenters. The molecule has 3 aromatic carbocycles. The van der Waals surface area contributed by atoms with Crippen LogP contribution in [0.15, 0.2) is 91.8 Å². The summed E-state index contributed by atoms with van der Waals surface area (Å²) in [5.74, 6) is 4.75. The number of rotatable bonds is 12. The number of ketones is 1. The standard InChI is InChI=1S/C19H24N4O2.C16H19N3O2.C13H13N3O2.C5H12N2O.I3.Li.H2O/c1-13-8-14(2)10-15(9-13)17-21-12-23(22-17)7-6-16(24)11-20-18(25)19(3,4)5;1-11(2)21-15(20)5-6-19-10-17-16(18-19)14-8-12(3)7-13(4)9-14;1-9-5-10(2)7-11(6-9)13-14-8-16(15-13)4-3-12(17)18;1-5(2,3)4(8)7-6;1-3-2;;/h6-10,12H,11H2,1-5H3,(H,20,25);5-11H,1-4H3;3-8H,1-2H3,(H,17,18);6H2,1-3H3,(H,7,8);;;1H2/q;;;;-1;+1;/p-1/b7-6-;6-5-;4-3-;;;;. The van der Waals surface area contributed by atoms with Crippen LogP contribution in [0.5, 0.6) is 0 Å². The van der Waals surface area contributed by atoms with Gasteiger partial charge in [0.05, 0.1) is 12.6 Å². The number of benzene rings is 3. The van der Waals surface area contributed by atoms with Crippen molar-refractivity contribution in [3.63, 3.8) is 0 Å². The van der Waals surface area contributed by atoms with E-state index in [1.807, 2.05) is 77.9 Å². The normalized spacial score (nSPS) is 10.9. The summed E-state index contributed by atoms with van der Waals surface area (Å²) in [5.41, 5.74) is 10.9. The van der Waals surface area contributed by atoms with Gasteiger partial charge >= 0.3 is 81.3 Å². The SMILES string of the molecule is CC(C)(C)C(=O)NN.Cc1cc(C)cc(-c2ncn(/C=C\C(=O)CNC(=O)C(C)(C)C)n2)c1.Cc1cc(C)cc(-c2ncn(/C=C\C(=O)O)n2)c1.Cc1cc(C)cc(-c2ncn(/C=C\C(=O)OC(C)C)n2)c1.I[I-]I.[Li+].[OH-]. The number of hydrogen-bond acceptors (Lipinski definition) is 14. The molecule has 6 N–H and O–H groups in total. The molecule has 412 valence electrons. The molecule has 24 heteroatoms. The first kappa shape index (κ1) is 71.6. The average molecular weight is 1390 g/mol. The zero-order valence-electron chi connectivity index (χ0n) is 46.3. The van der Waals surface area contributed by atoms with Gasteiger partial charge in [-0.3, -0.25) is 19.8 Å². The van der Waals surface area contributed by atoms with Gasteiger partial charge in [-0.25, -0.2) is 44.4 Å². The first-order chi connectivity index (χ1) is 35.0. The summed E-state index contributed by atoms with van der Waals surface area (Å²) in [6, 6.07) is 18.3. The van der Waals surface area contributed by atoms with Gasteiger partial charge in [-0.1, -0.05) is 93.1 Å². The molecule has 0 bridgehead atoms. The predicted molar refractivity (Wildman–Crippen MR) is 309 cm³/mol. The van der Waals surface area contributed by atoms with Crippen LogP contribution in [0.4, 0.5) is 0 Å². The molecule has 0 radical (unpaired) electrons. The Morgan fingerprint density at radius 3 is 1.19 bits per heavy atom. The summed E-state index contributed by atoms with van der Waals surface area (Å²) in [6.45, 7) is 26.5. The van der Waals surface area contributed by atoms with Crippen LogP contribution >= 0.6 is 37.2 Å². The van der Waals surface area contributed by atoms with Crippen LogP contribution in [-0.2, 0) is 28.7 Å². The number of halogens is 3. The van der Waals surface area contributed by atoms with Crippen molar-refractivity contribution < 1.29 is 71.4 Å². The predicted octanol–water partition coefficient (Wildman–Crippen LogP) is 3.49. The second-order valence-corrected chi connectivity index (χ2v) is 35.5. The third kappa shape index (κ3) is 28.7. The van der Waals surface area contributed by atoms with Gasteiger partial charge in [0.25, 0.3) is 0 Å². The van der Waals surface area contributed by atoms with E-state index in [1.165, 1.54) is 51.1 Å². The Morgan fingerprint density at radius 1 is 0.610 bits per heavy atom. The molecule has 0 aliphatic carbocycles. The van der Waals surface area contributed by atoms with Gasteiger partial charge in [0.2, 0.25) is 11.8 Å². The number of amides is 2. The van der Waals surface area contributed by atoms with Crippen LogP contribution in [0, 0.1) is 52.4 Å². The molecule has 0 fully saturated rings. The van der Waals surface area contributed by atoms with Crippen molar-refractivity contribution in [3.8, 4) is 34.2 Å². The minimum absolute atomic E-state index is 0. The van der Waals surface area contributed by atoms with Crippen LogP contribution in [0.1, 0.15) is 88.8 Å². The molecule has 2 amide bonds. The fourth-order valence-electron chi connectivity index (χ4n) is 6.16. The monoisotopic (exact) mass is 1390 g/mol. The Balaban J connectivity index is 0.00000102.